The second kappa shape index (κ2) is 4.40. The van der Waals surface area contributed by atoms with Gasteiger partial charge in [0.05, 0.1) is 0 Å². The van der Waals surface area contributed by atoms with Gasteiger partial charge in [0.2, 0.25) is 5.95 Å². The Hall–Kier alpha value is -1.12. The highest BCUT2D eigenvalue weighted by molar-refractivity contribution is 5.33. The van der Waals surface area contributed by atoms with Crippen LogP contribution >= 0.6 is 0 Å². The lowest BCUT2D eigenvalue weighted by Gasteiger charge is -2.04. The summed E-state index contributed by atoms with van der Waals surface area (Å²) in [6.45, 7) is 0.896. The van der Waals surface area contributed by atoms with E-state index in [0.717, 1.165) is 18.9 Å². The van der Waals surface area contributed by atoms with Crippen LogP contribution in [0, 0.1) is 11.9 Å². The van der Waals surface area contributed by atoms with Crippen molar-refractivity contribution in [3.05, 3.63) is 24.1 Å². The lowest BCUT2D eigenvalue weighted by atomic mass is 10.2. The topological polar surface area (TPSA) is 24.9 Å². The summed E-state index contributed by atoms with van der Waals surface area (Å²) in [6, 6.07) is 4.82. The second-order valence-electron chi connectivity index (χ2n) is 3.86. The van der Waals surface area contributed by atoms with Crippen molar-refractivity contribution in [2.45, 2.75) is 25.7 Å². The van der Waals surface area contributed by atoms with E-state index in [-0.39, 0.29) is 0 Å². The van der Waals surface area contributed by atoms with E-state index in [4.69, 9.17) is 0 Å². The van der Waals surface area contributed by atoms with Crippen molar-refractivity contribution >= 4 is 5.82 Å². The molecule has 0 atom stereocenters. The van der Waals surface area contributed by atoms with Crippen LogP contribution in [-0.4, -0.2) is 11.5 Å². The maximum atomic E-state index is 12.7. The number of hydrogen-bond acceptors (Lipinski definition) is 2. The number of rotatable bonds is 5. The molecular weight excluding hydrogens is 179 g/mol. The first-order valence-corrected chi connectivity index (χ1v) is 5.21. The molecule has 0 spiro atoms. The van der Waals surface area contributed by atoms with Gasteiger partial charge in [-0.15, -0.1) is 0 Å². The molecule has 1 fully saturated rings. The van der Waals surface area contributed by atoms with Crippen LogP contribution in [0.15, 0.2) is 18.2 Å². The van der Waals surface area contributed by atoms with Gasteiger partial charge in [-0.05, 0) is 30.9 Å². The maximum absolute atomic E-state index is 12.7. The first-order valence-electron chi connectivity index (χ1n) is 5.21. The van der Waals surface area contributed by atoms with Crippen LogP contribution in [0.1, 0.15) is 25.7 Å². The molecule has 0 bridgehead atoms. The molecule has 1 aliphatic rings. The Labute approximate surface area is 83.6 Å². The smallest absolute Gasteiger partial charge is 0.214 e. The number of hydrogen-bond donors (Lipinski definition) is 1. The molecule has 1 saturated carbocycles. The fraction of sp³-hybridized carbons (Fsp3) is 0.545. The Morgan fingerprint density at radius 1 is 1.43 bits per heavy atom. The van der Waals surface area contributed by atoms with Gasteiger partial charge in [0.1, 0.15) is 5.82 Å². The van der Waals surface area contributed by atoms with Crippen molar-refractivity contribution in [3.8, 4) is 0 Å². The molecule has 76 valence electrons. The third kappa shape index (κ3) is 2.98. The average molecular weight is 194 g/mol. The molecule has 1 aromatic heterocycles. The minimum atomic E-state index is -0.419. The molecule has 0 aliphatic heterocycles. The van der Waals surface area contributed by atoms with E-state index in [1.54, 1.807) is 12.1 Å². The largest absolute Gasteiger partial charge is 0.370 e. The Morgan fingerprint density at radius 2 is 2.29 bits per heavy atom. The van der Waals surface area contributed by atoms with Gasteiger partial charge in [0.15, 0.2) is 0 Å². The quantitative estimate of drug-likeness (QED) is 0.576. The SMILES string of the molecule is Fc1cccc(NCCCC2CC2)n1. The molecule has 2 rings (SSSR count). The van der Waals surface area contributed by atoms with Gasteiger partial charge in [-0.1, -0.05) is 18.9 Å². The van der Waals surface area contributed by atoms with E-state index in [0.29, 0.717) is 5.82 Å². The minimum absolute atomic E-state index is 0.419. The number of halogens is 1. The molecular formula is C11H15FN2. The van der Waals surface area contributed by atoms with Gasteiger partial charge in [0, 0.05) is 6.54 Å². The number of nitrogens with zero attached hydrogens (tertiary/aromatic N) is 1. The second-order valence-corrected chi connectivity index (χ2v) is 3.86. The lowest BCUT2D eigenvalue weighted by Crippen LogP contribution is -2.03. The summed E-state index contributed by atoms with van der Waals surface area (Å²) in [5, 5.41) is 3.12. The van der Waals surface area contributed by atoms with E-state index in [9.17, 15) is 4.39 Å². The predicted octanol–water partition coefficient (Wildman–Crippen LogP) is 2.82. The number of anilines is 1. The monoisotopic (exact) mass is 194 g/mol. The molecule has 0 unspecified atom stereocenters. The highest BCUT2D eigenvalue weighted by Gasteiger charge is 2.19. The third-order valence-electron chi connectivity index (χ3n) is 2.51. The maximum Gasteiger partial charge on any atom is 0.214 e. The molecule has 14 heavy (non-hydrogen) atoms. The Balaban J connectivity index is 1.68. The van der Waals surface area contributed by atoms with Gasteiger partial charge in [-0.25, -0.2) is 4.98 Å². The van der Waals surface area contributed by atoms with Gasteiger partial charge in [0.25, 0.3) is 0 Å². The van der Waals surface area contributed by atoms with E-state index in [1.165, 1.54) is 25.3 Å². The number of pyridine rings is 1. The van der Waals surface area contributed by atoms with E-state index < -0.39 is 5.95 Å². The highest BCUT2D eigenvalue weighted by Crippen LogP contribution is 2.33. The van der Waals surface area contributed by atoms with Gasteiger partial charge in [-0.2, -0.15) is 4.39 Å². The molecule has 1 heterocycles. The fourth-order valence-corrected chi connectivity index (χ4v) is 1.52. The molecule has 0 saturated heterocycles. The zero-order valence-electron chi connectivity index (χ0n) is 8.17. The molecule has 0 radical (unpaired) electrons. The van der Waals surface area contributed by atoms with Crippen LogP contribution in [-0.2, 0) is 0 Å². The zero-order valence-corrected chi connectivity index (χ0v) is 8.17. The molecule has 1 aliphatic carbocycles. The van der Waals surface area contributed by atoms with Crippen LogP contribution in [0.2, 0.25) is 0 Å². The van der Waals surface area contributed by atoms with E-state index in [2.05, 4.69) is 10.3 Å². The fourth-order valence-electron chi connectivity index (χ4n) is 1.52. The highest BCUT2D eigenvalue weighted by atomic mass is 19.1. The van der Waals surface area contributed by atoms with Crippen molar-refractivity contribution in [3.63, 3.8) is 0 Å². The average Bonchev–Trinajstić information content (AvgIpc) is 2.96. The minimum Gasteiger partial charge on any atom is -0.370 e. The number of aromatic nitrogens is 1. The van der Waals surface area contributed by atoms with Crippen LogP contribution in [0.3, 0.4) is 0 Å². The summed E-state index contributed by atoms with van der Waals surface area (Å²) in [5.74, 6) is 1.19. The molecule has 0 amide bonds. The number of nitrogens with one attached hydrogen (secondary N) is 1. The Kier molecular flexibility index (Phi) is 2.96. The standard InChI is InChI=1S/C11H15FN2/c12-10-4-1-5-11(14-10)13-8-2-3-9-6-7-9/h1,4-5,9H,2-3,6-8H2,(H,13,14). The van der Waals surface area contributed by atoms with Crippen LogP contribution in [0.25, 0.3) is 0 Å². The summed E-state index contributed by atoms with van der Waals surface area (Å²) >= 11 is 0. The van der Waals surface area contributed by atoms with Crippen molar-refractivity contribution in [1.82, 2.24) is 4.98 Å². The van der Waals surface area contributed by atoms with Gasteiger partial charge < -0.3 is 5.32 Å². The van der Waals surface area contributed by atoms with Crippen molar-refractivity contribution in [2.24, 2.45) is 5.92 Å². The van der Waals surface area contributed by atoms with Gasteiger partial charge in [-0.3, -0.25) is 0 Å². The summed E-state index contributed by atoms with van der Waals surface area (Å²) in [6.07, 6.45) is 5.25. The van der Waals surface area contributed by atoms with E-state index in [1.807, 2.05) is 0 Å². The first-order chi connectivity index (χ1) is 6.84. The predicted molar refractivity (Wildman–Crippen MR) is 54.6 cm³/mol. The van der Waals surface area contributed by atoms with Crippen molar-refractivity contribution in [1.29, 1.82) is 0 Å². The molecule has 3 heteroatoms. The zero-order chi connectivity index (χ0) is 9.80. The summed E-state index contributed by atoms with van der Waals surface area (Å²) in [4.78, 5) is 3.73. The van der Waals surface area contributed by atoms with E-state index >= 15 is 0 Å². The normalized spacial score (nSPS) is 15.5. The third-order valence-corrected chi connectivity index (χ3v) is 2.51. The molecule has 1 N–H and O–H groups in total. The Bertz CT molecular complexity index is 297. The molecule has 2 nitrogen and oxygen atoms in total. The summed E-state index contributed by atoms with van der Waals surface area (Å²) in [5.41, 5.74) is 0. The lowest BCUT2D eigenvalue weighted by molar-refractivity contribution is 0.584. The van der Waals surface area contributed by atoms with Crippen LogP contribution in [0.4, 0.5) is 10.2 Å². The Morgan fingerprint density at radius 3 is 3.00 bits per heavy atom. The summed E-state index contributed by atoms with van der Waals surface area (Å²) in [7, 11) is 0. The van der Waals surface area contributed by atoms with Crippen LogP contribution < -0.4 is 5.32 Å². The molecule has 1 aromatic rings. The summed E-state index contributed by atoms with van der Waals surface area (Å²) < 4.78 is 12.7. The van der Waals surface area contributed by atoms with Crippen molar-refractivity contribution in [2.75, 3.05) is 11.9 Å². The first kappa shape index (κ1) is 9.44. The van der Waals surface area contributed by atoms with Gasteiger partial charge >= 0.3 is 0 Å². The van der Waals surface area contributed by atoms with Crippen molar-refractivity contribution < 1.29 is 4.39 Å². The van der Waals surface area contributed by atoms with Crippen LogP contribution in [0.5, 0.6) is 0 Å². The molecule has 0 aromatic carbocycles.